The van der Waals surface area contributed by atoms with Gasteiger partial charge in [0.15, 0.2) is 0 Å². The average Bonchev–Trinajstić information content (AvgIpc) is 2.62. The molecule has 1 atom stereocenters. The van der Waals surface area contributed by atoms with E-state index in [2.05, 4.69) is 9.97 Å². The summed E-state index contributed by atoms with van der Waals surface area (Å²) in [4.78, 5) is 7.13. The Hall–Kier alpha value is -0.810. The van der Waals surface area contributed by atoms with Crippen LogP contribution in [0, 0.1) is 0 Å². The minimum atomic E-state index is -0.192. The fraction of sp³-hybridized carbons (Fsp3) is 0.300. The number of aromatic amines is 1. The second-order valence-electron chi connectivity index (χ2n) is 3.38. The first-order valence-corrected chi connectivity index (χ1v) is 4.57. The molecule has 6 heteroatoms. The van der Waals surface area contributed by atoms with E-state index in [4.69, 9.17) is 10.8 Å². The van der Waals surface area contributed by atoms with Gasteiger partial charge >= 0.3 is 0 Å². The monoisotopic (exact) mass is 263 g/mol. The number of nitrogens with zero attached hydrogens (tertiary/aromatic N) is 1. The van der Waals surface area contributed by atoms with E-state index < -0.39 is 0 Å². The number of hydrogen-bond acceptors (Lipinski definition) is 3. The molecule has 0 aromatic carbocycles. The molecule has 2 aromatic rings. The van der Waals surface area contributed by atoms with Crippen LogP contribution in [-0.4, -0.2) is 27.7 Å². The third-order valence-electron chi connectivity index (χ3n) is 2.29. The summed E-state index contributed by atoms with van der Waals surface area (Å²) in [6, 6.07) is 1.76. The third kappa shape index (κ3) is 3.09. The highest BCUT2D eigenvalue weighted by atomic mass is 35.5. The maximum Gasteiger partial charge on any atom is 0.0643 e. The predicted molar refractivity (Wildman–Crippen MR) is 69.4 cm³/mol. The van der Waals surface area contributed by atoms with Crippen molar-refractivity contribution in [1.29, 1.82) is 0 Å². The molecule has 0 fully saturated rings. The summed E-state index contributed by atoms with van der Waals surface area (Å²) in [7, 11) is 0. The molecule has 0 spiro atoms. The summed E-state index contributed by atoms with van der Waals surface area (Å²) in [5, 5.41) is 9.99. The summed E-state index contributed by atoms with van der Waals surface area (Å²) in [5.74, 6) is 0. The Kier molecular flexibility index (Phi) is 6.36. The number of aromatic nitrogens is 2. The van der Waals surface area contributed by atoms with Crippen molar-refractivity contribution in [3.8, 4) is 0 Å². The SMILES string of the molecule is Cl.Cl.NC(CO)Cc1c[nH]c2cnccc12. The molecular weight excluding hydrogens is 249 g/mol. The number of nitrogens with two attached hydrogens (primary N) is 1. The number of aliphatic hydroxyl groups excluding tert-OH is 1. The Morgan fingerprint density at radius 1 is 1.44 bits per heavy atom. The maximum atomic E-state index is 8.86. The topological polar surface area (TPSA) is 74.9 Å². The van der Waals surface area contributed by atoms with Crippen LogP contribution in [0.1, 0.15) is 5.56 Å². The van der Waals surface area contributed by atoms with Crippen molar-refractivity contribution in [2.75, 3.05) is 6.61 Å². The van der Waals surface area contributed by atoms with Gasteiger partial charge in [-0.2, -0.15) is 0 Å². The van der Waals surface area contributed by atoms with Crippen molar-refractivity contribution in [2.45, 2.75) is 12.5 Å². The number of hydrogen-bond donors (Lipinski definition) is 3. The number of rotatable bonds is 3. The highest BCUT2D eigenvalue weighted by molar-refractivity contribution is 5.85. The average molecular weight is 264 g/mol. The van der Waals surface area contributed by atoms with Gasteiger partial charge in [0.05, 0.1) is 18.3 Å². The number of fused-ring (bicyclic) bond motifs is 1. The molecule has 2 aromatic heterocycles. The number of halogens is 2. The van der Waals surface area contributed by atoms with E-state index in [9.17, 15) is 0 Å². The van der Waals surface area contributed by atoms with E-state index in [0.29, 0.717) is 6.42 Å². The van der Waals surface area contributed by atoms with Crippen LogP contribution in [0.2, 0.25) is 0 Å². The van der Waals surface area contributed by atoms with Gasteiger partial charge in [-0.25, -0.2) is 0 Å². The van der Waals surface area contributed by atoms with E-state index in [0.717, 1.165) is 16.5 Å². The van der Waals surface area contributed by atoms with Crippen molar-refractivity contribution >= 4 is 35.7 Å². The lowest BCUT2D eigenvalue weighted by Crippen LogP contribution is -2.26. The van der Waals surface area contributed by atoms with Crippen molar-refractivity contribution in [2.24, 2.45) is 5.73 Å². The van der Waals surface area contributed by atoms with Crippen LogP contribution in [0.15, 0.2) is 24.7 Å². The lowest BCUT2D eigenvalue weighted by molar-refractivity contribution is 0.265. The Morgan fingerprint density at radius 3 is 2.88 bits per heavy atom. The smallest absolute Gasteiger partial charge is 0.0643 e. The van der Waals surface area contributed by atoms with Crippen LogP contribution < -0.4 is 5.73 Å². The van der Waals surface area contributed by atoms with Gasteiger partial charge in [0, 0.05) is 23.8 Å². The first kappa shape index (κ1) is 15.2. The predicted octanol–water partition coefficient (Wildman–Crippen LogP) is 1.27. The third-order valence-corrected chi connectivity index (χ3v) is 2.29. The summed E-state index contributed by atoms with van der Waals surface area (Å²) in [5.41, 5.74) is 7.81. The Balaban J connectivity index is 0.00000112. The standard InChI is InChI=1S/C10H13N3O.2ClH/c11-8(6-14)3-7-4-13-10-5-12-2-1-9(7)10;;/h1-2,4-5,8,13-14H,3,6,11H2;2*1H. The number of pyridine rings is 1. The highest BCUT2D eigenvalue weighted by Gasteiger charge is 2.07. The lowest BCUT2D eigenvalue weighted by atomic mass is 10.1. The summed E-state index contributed by atoms with van der Waals surface area (Å²) < 4.78 is 0. The van der Waals surface area contributed by atoms with Crippen LogP contribution in [-0.2, 0) is 6.42 Å². The molecule has 0 saturated heterocycles. The molecule has 0 aliphatic carbocycles. The van der Waals surface area contributed by atoms with Crippen LogP contribution in [0.5, 0.6) is 0 Å². The molecule has 0 aliphatic heterocycles. The number of H-pyrrole nitrogens is 1. The minimum absolute atomic E-state index is 0. The second-order valence-corrected chi connectivity index (χ2v) is 3.38. The zero-order valence-electron chi connectivity index (χ0n) is 8.59. The molecule has 0 amide bonds. The normalized spacial score (nSPS) is 11.6. The van der Waals surface area contributed by atoms with Gasteiger partial charge in [-0.15, -0.1) is 24.8 Å². The molecule has 16 heavy (non-hydrogen) atoms. The molecule has 0 saturated carbocycles. The summed E-state index contributed by atoms with van der Waals surface area (Å²) in [6.07, 6.45) is 6.13. The second kappa shape index (κ2) is 6.70. The molecule has 1 unspecified atom stereocenters. The quantitative estimate of drug-likeness (QED) is 0.781. The molecule has 4 N–H and O–H groups in total. The number of aliphatic hydroxyl groups is 1. The molecule has 4 nitrogen and oxygen atoms in total. The van der Waals surface area contributed by atoms with Gasteiger partial charge in [0.1, 0.15) is 0 Å². The largest absolute Gasteiger partial charge is 0.395 e. The van der Waals surface area contributed by atoms with Gasteiger partial charge in [-0.1, -0.05) is 0 Å². The van der Waals surface area contributed by atoms with E-state index in [1.54, 1.807) is 12.4 Å². The molecule has 2 heterocycles. The molecule has 0 bridgehead atoms. The molecular formula is C10H15Cl2N3O. The molecule has 90 valence electrons. The van der Waals surface area contributed by atoms with Crippen LogP contribution >= 0.6 is 24.8 Å². The lowest BCUT2D eigenvalue weighted by Gasteiger charge is -2.05. The van der Waals surface area contributed by atoms with Gasteiger partial charge in [-0.05, 0) is 18.1 Å². The van der Waals surface area contributed by atoms with Crippen molar-refractivity contribution in [3.05, 3.63) is 30.2 Å². The van der Waals surface area contributed by atoms with Gasteiger partial charge < -0.3 is 15.8 Å². The van der Waals surface area contributed by atoms with Gasteiger partial charge in [-0.3, -0.25) is 4.98 Å². The summed E-state index contributed by atoms with van der Waals surface area (Å²) >= 11 is 0. The maximum absolute atomic E-state index is 8.86. The van der Waals surface area contributed by atoms with Gasteiger partial charge in [0.25, 0.3) is 0 Å². The van der Waals surface area contributed by atoms with Gasteiger partial charge in [0.2, 0.25) is 0 Å². The molecule has 0 aliphatic rings. The Morgan fingerprint density at radius 2 is 2.19 bits per heavy atom. The van der Waals surface area contributed by atoms with Crippen molar-refractivity contribution in [3.63, 3.8) is 0 Å². The zero-order valence-corrected chi connectivity index (χ0v) is 10.2. The minimum Gasteiger partial charge on any atom is -0.395 e. The Bertz CT molecular complexity index is 433. The first-order valence-electron chi connectivity index (χ1n) is 4.57. The van der Waals surface area contributed by atoms with E-state index in [1.165, 1.54) is 0 Å². The first-order chi connectivity index (χ1) is 6.81. The summed E-state index contributed by atoms with van der Waals surface area (Å²) in [6.45, 7) is 0.0117. The van der Waals surface area contributed by atoms with E-state index in [1.807, 2.05) is 12.3 Å². The Labute approximate surface area is 106 Å². The molecule has 2 rings (SSSR count). The zero-order chi connectivity index (χ0) is 9.97. The van der Waals surface area contributed by atoms with E-state index >= 15 is 0 Å². The van der Waals surface area contributed by atoms with Crippen LogP contribution in [0.4, 0.5) is 0 Å². The molecule has 0 radical (unpaired) electrons. The van der Waals surface area contributed by atoms with Crippen molar-refractivity contribution in [1.82, 2.24) is 9.97 Å². The van der Waals surface area contributed by atoms with Crippen molar-refractivity contribution < 1.29 is 5.11 Å². The fourth-order valence-electron chi connectivity index (χ4n) is 1.55. The fourth-order valence-corrected chi connectivity index (χ4v) is 1.55. The highest BCUT2D eigenvalue weighted by Crippen LogP contribution is 2.17. The van der Waals surface area contributed by atoms with Crippen LogP contribution in [0.3, 0.4) is 0 Å². The van der Waals surface area contributed by atoms with Crippen LogP contribution in [0.25, 0.3) is 10.9 Å². The number of nitrogens with one attached hydrogen (secondary N) is 1. The van der Waals surface area contributed by atoms with E-state index in [-0.39, 0.29) is 37.5 Å².